The van der Waals surface area contributed by atoms with Crippen molar-refractivity contribution >= 4 is 11.6 Å². The monoisotopic (exact) mass is 246 g/mol. The van der Waals surface area contributed by atoms with Crippen LogP contribution in [0.1, 0.15) is 19.0 Å². The largest absolute Gasteiger partial charge is 0.378 e. The van der Waals surface area contributed by atoms with Gasteiger partial charge in [0.25, 0.3) is 0 Å². The Kier molecular flexibility index (Phi) is 2.91. The molecule has 1 N–H and O–H groups in total. The first-order valence-electron chi connectivity index (χ1n) is 6.42. The topological polar surface area (TPSA) is 51.5 Å². The molecule has 1 saturated heterocycles. The van der Waals surface area contributed by atoms with Gasteiger partial charge >= 0.3 is 0 Å². The van der Waals surface area contributed by atoms with E-state index in [1.807, 2.05) is 29.6 Å². The summed E-state index contributed by atoms with van der Waals surface area (Å²) >= 11 is 0. The summed E-state index contributed by atoms with van der Waals surface area (Å²) in [5.74, 6) is 1.25. The van der Waals surface area contributed by atoms with Crippen LogP contribution in [-0.2, 0) is 4.74 Å². The summed E-state index contributed by atoms with van der Waals surface area (Å²) in [7, 11) is 0. The number of hydrogen-bond acceptors (Lipinski definition) is 4. The van der Waals surface area contributed by atoms with Crippen molar-refractivity contribution in [1.29, 1.82) is 0 Å². The fourth-order valence-electron chi connectivity index (χ4n) is 2.38. The third-order valence-electron chi connectivity index (χ3n) is 3.60. The number of pyridine rings is 1. The van der Waals surface area contributed by atoms with Crippen molar-refractivity contribution in [1.82, 2.24) is 14.6 Å². The van der Waals surface area contributed by atoms with Crippen LogP contribution in [0.5, 0.6) is 0 Å². The Balaban J connectivity index is 1.73. The van der Waals surface area contributed by atoms with Crippen molar-refractivity contribution in [2.75, 3.05) is 18.5 Å². The molecule has 18 heavy (non-hydrogen) atoms. The highest BCUT2D eigenvalue weighted by Crippen LogP contribution is 2.20. The molecule has 96 valence electrons. The van der Waals surface area contributed by atoms with Crippen molar-refractivity contribution in [2.45, 2.75) is 26.4 Å². The molecule has 0 bridgehead atoms. The highest BCUT2D eigenvalue weighted by atomic mass is 16.5. The van der Waals surface area contributed by atoms with Crippen LogP contribution in [0.25, 0.3) is 5.65 Å². The van der Waals surface area contributed by atoms with Gasteiger partial charge in [-0.25, -0.2) is 4.52 Å². The summed E-state index contributed by atoms with van der Waals surface area (Å²) in [5, 5.41) is 7.76. The van der Waals surface area contributed by atoms with Crippen LogP contribution in [0, 0.1) is 12.8 Å². The number of fused-ring (bicyclic) bond motifs is 1. The number of aromatic nitrogens is 3. The van der Waals surface area contributed by atoms with E-state index in [0.717, 1.165) is 30.9 Å². The molecule has 0 saturated carbocycles. The normalized spacial score (nSPS) is 23.7. The zero-order valence-electron chi connectivity index (χ0n) is 10.8. The smallest absolute Gasteiger partial charge is 0.243 e. The van der Waals surface area contributed by atoms with E-state index < -0.39 is 0 Å². The number of nitrogens with one attached hydrogen (secondary N) is 1. The SMILES string of the molecule is Cc1cccc2nc(NCC3CCOC3C)nn12. The summed E-state index contributed by atoms with van der Waals surface area (Å²) in [6, 6.07) is 5.99. The predicted octanol–water partition coefficient (Wildman–Crippen LogP) is 1.87. The fraction of sp³-hybridized carbons (Fsp3) is 0.538. The van der Waals surface area contributed by atoms with Crippen LogP contribution in [0.3, 0.4) is 0 Å². The van der Waals surface area contributed by atoms with E-state index in [4.69, 9.17) is 4.74 Å². The minimum absolute atomic E-state index is 0.330. The zero-order valence-corrected chi connectivity index (χ0v) is 10.8. The second kappa shape index (κ2) is 4.57. The molecule has 2 aromatic heterocycles. The van der Waals surface area contributed by atoms with Gasteiger partial charge in [0.2, 0.25) is 5.95 Å². The van der Waals surface area contributed by atoms with E-state index in [0.29, 0.717) is 18.0 Å². The molecule has 0 aromatic carbocycles. The number of hydrogen-bond donors (Lipinski definition) is 1. The van der Waals surface area contributed by atoms with Crippen LogP contribution >= 0.6 is 0 Å². The average molecular weight is 246 g/mol. The van der Waals surface area contributed by atoms with Gasteiger partial charge in [0.15, 0.2) is 5.65 Å². The maximum Gasteiger partial charge on any atom is 0.243 e. The fourth-order valence-corrected chi connectivity index (χ4v) is 2.38. The third-order valence-corrected chi connectivity index (χ3v) is 3.60. The second-order valence-corrected chi connectivity index (χ2v) is 4.88. The standard InChI is InChI=1S/C13H18N4O/c1-9-4-3-5-12-15-13(16-17(9)12)14-8-11-6-7-18-10(11)2/h3-5,10-11H,6-8H2,1-2H3,(H,14,16). The number of ether oxygens (including phenoxy) is 1. The molecule has 0 amide bonds. The van der Waals surface area contributed by atoms with Crippen molar-refractivity contribution in [3.05, 3.63) is 23.9 Å². The molecule has 0 spiro atoms. The highest BCUT2D eigenvalue weighted by molar-refractivity contribution is 5.44. The molecule has 5 nitrogen and oxygen atoms in total. The van der Waals surface area contributed by atoms with E-state index >= 15 is 0 Å². The second-order valence-electron chi connectivity index (χ2n) is 4.88. The minimum Gasteiger partial charge on any atom is -0.378 e. The van der Waals surface area contributed by atoms with Gasteiger partial charge in [0.1, 0.15) is 0 Å². The Morgan fingerprint density at radius 2 is 2.39 bits per heavy atom. The molecule has 1 fully saturated rings. The molecule has 1 aliphatic heterocycles. The number of rotatable bonds is 3. The molecule has 0 radical (unpaired) electrons. The molecule has 5 heteroatoms. The minimum atomic E-state index is 0.330. The average Bonchev–Trinajstić information content (AvgIpc) is 2.93. The molecule has 1 aliphatic rings. The van der Waals surface area contributed by atoms with Gasteiger partial charge in [-0.05, 0) is 32.4 Å². The number of nitrogens with zero attached hydrogens (tertiary/aromatic N) is 3. The zero-order chi connectivity index (χ0) is 12.5. The maximum absolute atomic E-state index is 5.55. The molecule has 3 heterocycles. The molecule has 2 atom stereocenters. The lowest BCUT2D eigenvalue weighted by molar-refractivity contribution is 0.108. The summed E-state index contributed by atoms with van der Waals surface area (Å²) in [4.78, 5) is 4.46. The Labute approximate surface area is 106 Å². The number of aryl methyl sites for hydroxylation is 1. The number of anilines is 1. The van der Waals surface area contributed by atoms with Crippen molar-refractivity contribution in [3.63, 3.8) is 0 Å². The predicted molar refractivity (Wildman–Crippen MR) is 69.7 cm³/mol. The van der Waals surface area contributed by atoms with Gasteiger partial charge in [0, 0.05) is 24.8 Å². The lowest BCUT2D eigenvalue weighted by Crippen LogP contribution is -2.21. The lowest BCUT2D eigenvalue weighted by atomic mass is 10.0. The highest BCUT2D eigenvalue weighted by Gasteiger charge is 2.24. The van der Waals surface area contributed by atoms with Gasteiger partial charge in [-0.3, -0.25) is 0 Å². The van der Waals surface area contributed by atoms with Crippen LogP contribution in [-0.4, -0.2) is 33.9 Å². The molecule has 0 aliphatic carbocycles. The van der Waals surface area contributed by atoms with E-state index in [-0.39, 0.29) is 0 Å². The van der Waals surface area contributed by atoms with E-state index in [9.17, 15) is 0 Å². The van der Waals surface area contributed by atoms with Gasteiger partial charge in [-0.15, -0.1) is 5.10 Å². The first kappa shape index (κ1) is 11.5. The summed E-state index contributed by atoms with van der Waals surface area (Å²) in [5.41, 5.74) is 1.97. The summed E-state index contributed by atoms with van der Waals surface area (Å²) in [6.07, 6.45) is 1.44. The van der Waals surface area contributed by atoms with E-state index in [1.54, 1.807) is 0 Å². The van der Waals surface area contributed by atoms with Gasteiger partial charge in [-0.2, -0.15) is 4.98 Å². The van der Waals surface area contributed by atoms with Crippen molar-refractivity contribution in [3.8, 4) is 0 Å². The third kappa shape index (κ3) is 2.06. The molecular weight excluding hydrogens is 228 g/mol. The van der Waals surface area contributed by atoms with Crippen LogP contribution in [0.2, 0.25) is 0 Å². The van der Waals surface area contributed by atoms with Crippen LogP contribution < -0.4 is 5.32 Å². The van der Waals surface area contributed by atoms with E-state index in [1.165, 1.54) is 0 Å². The maximum atomic E-state index is 5.55. The van der Waals surface area contributed by atoms with Gasteiger partial charge in [-0.1, -0.05) is 6.07 Å². The van der Waals surface area contributed by atoms with E-state index in [2.05, 4.69) is 22.3 Å². The molecule has 3 rings (SSSR count). The summed E-state index contributed by atoms with van der Waals surface area (Å²) < 4.78 is 7.40. The van der Waals surface area contributed by atoms with Crippen molar-refractivity contribution in [2.24, 2.45) is 5.92 Å². The van der Waals surface area contributed by atoms with Crippen LogP contribution in [0.15, 0.2) is 18.2 Å². The Morgan fingerprint density at radius 1 is 1.50 bits per heavy atom. The quantitative estimate of drug-likeness (QED) is 0.898. The Hall–Kier alpha value is -1.62. The first-order chi connectivity index (χ1) is 8.74. The van der Waals surface area contributed by atoms with Crippen LogP contribution in [0.4, 0.5) is 5.95 Å². The Bertz CT molecular complexity index is 551. The molecule has 2 unspecified atom stereocenters. The summed E-state index contributed by atoms with van der Waals surface area (Å²) in [6.45, 7) is 5.89. The Morgan fingerprint density at radius 3 is 3.11 bits per heavy atom. The lowest BCUT2D eigenvalue weighted by Gasteiger charge is -2.13. The van der Waals surface area contributed by atoms with Gasteiger partial charge < -0.3 is 10.1 Å². The molecular formula is C13H18N4O. The van der Waals surface area contributed by atoms with Crippen molar-refractivity contribution < 1.29 is 4.74 Å². The first-order valence-corrected chi connectivity index (χ1v) is 6.42. The van der Waals surface area contributed by atoms with Gasteiger partial charge in [0.05, 0.1) is 6.10 Å². The molecule has 2 aromatic rings.